The van der Waals surface area contributed by atoms with Gasteiger partial charge < -0.3 is 9.80 Å². The minimum atomic E-state index is 0.293. The molecular formula is C13H20ClN5. The van der Waals surface area contributed by atoms with Crippen molar-refractivity contribution in [2.45, 2.75) is 38.6 Å². The molecule has 1 saturated carbocycles. The first-order chi connectivity index (χ1) is 9.15. The molecule has 19 heavy (non-hydrogen) atoms. The maximum atomic E-state index is 6.06. The number of aromatic nitrogens is 3. The molecule has 1 aromatic heterocycles. The van der Waals surface area contributed by atoms with Crippen LogP contribution in [0.2, 0.25) is 5.28 Å². The van der Waals surface area contributed by atoms with Gasteiger partial charge in [-0.05, 0) is 50.1 Å². The number of hydrogen-bond acceptors (Lipinski definition) is 5. The standard InChI is InChI=1S/C13H20ClN5/c1-9(10-5-6-10)18(2)12-15-11(14)16-13(17-12)19-7-3-4-8-19/h9-10H,3-8H2,1-2H3. The number of nitrogens with zero attached hydrogens (tertiary/aromatic N) is 5. The molecule has 1 atom stereocenters. The van der Waals surface area contributed by atoms with E-state index in [-0.39, 0.29) is 0 Å². The number of halogens is 1. The highest BCUT2D eigenvalue weighted by Crippen LogP contribution is 2.35. The fraction of sp³-hybridized carbons (Fsp3) is 0.769. The number of hydrogen-bond donors (Lipinski definition) is 0. The van der Waals surface area contributed by atoms with Crippen molar-refractivity contribution in [1.29, 1.82) is 0 Å². The van der Waals surface area contributed by atoms with Gasteiger partial charge in [0.15, 0.2) is 0 Å². The average molecular weight is 282 g/mol. The first kappa shape index (κ1) is 12.9. The topological polar surface area (TPSA) is 45.2 Å². The summed E-state index contributed by atoms with van der Waals surface area (Å²) in [6.07, 6.45) is 5.02. The predicted octanol–water partition coefficient (Wildman–Crippen LogP) is 2.36. The fourth-order valence-corrected chi connectivity index (χ4v) is 2.77. The Morgan fingerprint density at radius 3 is 2.53 bits per heavy atom. The highest BCUT2D eigenvalue weighted by Gasteiger charge is 2.32. The zero-order valence-corrected chi connectivity index (χ0v) is 12.3. The summed E-state index contributed by atoms with van der Waals surface area (Å²) in [5, 5.41) is 0.293. The van der Waals surface area contributed by atoms with Crippen molar-refractivity contribution in [2.24, 2.45) is 5.92 Å². The van der Waals surface area contributed by atoms with Crippen LogP contribution in [0.25, 0.3) is 0 Å². The molecule has 104 valence electrons. The maximum Gasteiger partial charge on any atom is 0.231 e. The fourth-order valence-electron chi connectivity index (χ4n) is 2.62. The van der Waals surface area contributed by atoms with Gasteiger partial charge >= 0.3 is 0 Å². The second-order valence-electron chi connectivity index (χ2n) is 5.59. The lowest BCUT2D eigenvalue weighted by Crippen LogP contribution is -2.33. The van der Waals surface area contributed by atoms with E-state index < -0.39 is 0 Å². The van der Waals surface area contributed by atoms with E-state index in [0.29, 0.717) is 17.3 Å². The molecule has 1 saturated heterocycles. The first-order valence-corrected chi connectivity index (χ1v) is 7.42. The Kier molecular flexibility index (Phi) is 3.48. The Balaban J connectivity index is 1.83. The summed E-state index contributed by atoms with van der Waals surface area (Å²) in [5.74, 6) is 2.19. The lowest BCUT2D eigenvalue weighted by atomic mass is 10.2. The Morgan fingerprint density at radius 1 is 1.21 bits per heavy atom. The van der Waals surface area contributed by atoms with E-state index in [1.807, 2.05) is 7.05 Å². The molecule has 6 heteroatoms. The zero-order valence-electron chi connectivity index (χ0n) is 11.5. The third kappa shape index (κ3) is 2.76. The van der Waals surface area contributed by atoms with Gasteiger partial charge in [0.25, 0.3) is 0 Å². The van der Waals surface area contributed by atoms with Gasteiger partial charge in [-0.15, -0.1) is 0 Å². The van der Waals surface area contributed by atoms with Crippen LogP contribution in [0.4, 0.5) is 11.9 Å². The Labute approximate surface area is 119 Å². The van der Waals surface area contributed by atoms with Gasteiger partial charge in [0.2, 0.25) is 17.2 Å². The highest BCUT2D eigenvalue weighted by atomic mass is 35.5. The molecule has 1 unspecified atom stereocenters. The quantitative estimate of drug-likeness (QED) is 0.848. The van der Waals surface area contributed by atoms with Gasteiger partial charge in [0.05, 0.1) is 0 Å². The summed E-state index contributed by atoms with van der Waals surface area (Å²) >= 11 is 6.06. The van der Waals surface area contributed by atoms with Crippen LogP contribution in [-0.2, 0) is 0 Å². The van der Waals surface area contributed by atoms with E-state index in [4.69, 9.17) is 11.6 Å². The molecule has 0 amide bonds. The van der Waals surface area contributed by atoms with Gasteiger partial charge in [-0.1, -0.05) is 0 Å². The molecule has 0 radical (unpaired) electrons. The summed E-state index contributed by atoms with van der Waals surface area (Å²) in [7, 11) is 2.04. The lowest BCUT2D eigenvalue weighted by molar-refractivity contribution is 0.596. The Hall–Kier alpha value is -1.10. The monoisotopic (exact) mass is 281 g/mol. The van der Waals surface area contributed by atoms with Crippen molar-refractivity contribution >= 4 is 23.5 Å². The summed E-state index contributed by atoms with van der Waals surface area (Å²) < 4.78 is 0. The van der Waals surface area contributed by atoms with Crippen molar-refractivity contribution in [1.82, 2.24) is 15.0 Å². The second kappa shape index (κ2) is 5.12. The zero-order chi connectivity index (χ0) is 13.4. The van der Waals surface area contributed by atoms with Crippen LogP contribution in [-0.4, -0.2) is 41.1 Å². The lowest BCUT2D eigenvalue weighted by Gasteiger charge is -2.26. The average Bonchev–Trinajstić information content (AvgIpc) is 3.11. The smallest absolute Gasteiger partial charge is 0.231 e. The summed E-state index contributed by atoms with van der Waals surface area (Å²) in [6.45, 7) is 4.26. The SMILES string of the molecule is CC(C1CC1)N(C)c1nc(Cl)nc(N2CCCC2)n1. The van der Waals surface area contributed by atoms with E-state index >= 15 is 0 Å². The molecule has 1 aliphatic heterocycles. The van der Waals surface area contributed by atoms with E-state index in [2.05, 4.69) is 31.7 Å². The summed E-state index contributed by atoms with van der Waals surface area (Å²) in [5.41, 5.74) is 0. The van der Waals surface area contributed by atoms with Crippen molar-refractivity contribution < 1.29 is 0 Å². The van der Waals surface area contributed by atoms with E-state index in [0.717, 1.165) is 25.0 Å². The van der Waals surface area contributed by atoms with Crippen LogP contribution in [0.3, 0.4) is 0 Å². The molecule has 0 N–H and O–H groups in total. The van der Waals surface area contributed by atoms with Crippen molar-refractivity contribution in [3.63, 3.8) is 0 Å². The van der Waals surface area contributed by atoms with Gasteiger partial charge in [0.1, 0.15) is 0 Å². The largest absolute Gasteiger partial charge is 0.341 e. The normalized spacial score (nSPS) is 20.7. The minimum absolute atomic E-state index is 0.293. The molecule has 5 nitrogen and oxygen atoms in total. The number of rotatable bonds is 4. The van der Waals surface area contributed by atoms with Crippen LogP contribution >= 0.6 is 11.6 Å². The molecule has 1 aromatic rings. The van der Waals surface area contributed by atoms with Gasteiger partial charge in [-0.25, -0.2) is 0 Å². The van der Waals surface area contributed by atoms with E-state index in [9.17, 15) is 0 Å². The predicted molar refractivity (Wildman–Crippen MR) is 76.9 cm³/mol. The molecule has 2 heterocycles. The molecule has 0 bridgehead atoms. The van der Waals surface area contributed by atoms with Gasteiger partial charge in [-0.3, -0.25) is 0 Å². The maximum absolute atomic E-state index is 6.06. The molecule has 0 aromatic carbocycles. The minimum Gasteiger partial charge on any atom is -0.341 e. The summed E-state index contributed by atoms with van der Waals surface area (Å²) in [6, 6.07) is 0.463. The van der Waals surface area contributed by atoms with Gasteiger partial charge in [-0.2, -0.15) is 15.0 Å². The second-order valence-corrected chi connectivity index (χ2v) is 5.93. The first-order valence-electron chi connectivity index (χ1n) is 7.04. The number of anilines is 2. The molecule has 2 fully saturated rings. The highest BCUT2D eigenvalue weighted by molar-refractivity contribution is 6.28. The molecular weight excluding hydrogens is 262 g/mol. The van der Waals surface area contributed by atoms with Crippen LogP contribution in [0.15, 0.2) is 0 Å². The summed E-state index contributed by atoms with van der Waals surface area (Å²) in [4.78, 5) is 17.4. The Morgan fingerprint density at radius 2 is 1.89 bits per heavy atom. The van der Waals surface area contributed by atoms with E-state index in [1.54, 1.807) is 0 Å². The van der Waals surface area contributed by atoms with Crippen LogP contribution in [0, 0.1) is 5.92 Å². The van der Waals surface area contributed by atoms with Crippen molar-refractivity contribution in [2.75, 3.05) is 29.9 Å². The third-order valence-corrected chi connectivity index (χ3v) is 4.37. The Bertz CT molecular complexity index is 456. The molecule has 0 spiro atoms. The van der Waals surface area contributed by atoms with Crippen LogP contribution in [0.1, 0.15) is 32.6 Å². The van der Waals surface area contributed by atoms with Crippen LogP contribution in [0.5, 0.6) is 0 Å². The van der Waals surface area contributed by atoms with E-state index in [1.165, 1.54) is 25.7 Å². The molecule has 3 rings (SSSR count). The van der Waals surface area contributed by atoms with Crippen LogP contribution < -0.4 is 9.80 Å². The third-order valence-electron chi connectivity index (χ3n) is 4.20. The van der Waals surface area contributed by atoms with Crippen molar-refractivity contribution in [3.05, 3.63) is 5.28 Å². The van der Waals surface area contributed by atoms with Gasteiger partial charge in [0, 0.05) is 26.2 Å². The molecule has 1 aliphatic carbocycles. The van der Waals surface area contributed by atoms with Crippen molar-refractivity contribution in [3.8, 4) is 0 Å². The molecule has 2 aliphatic rings.